The molecule has 1 saturated heterocycles. The second kappa shape index (κ2) is 12.1. The predicted molar refractivity (Wildman–Crippen MR) is 118 cm³/mol. The molecule has 1 aromatic rings. The van der Waals surface area contributed by atoms with Crippen LogP contribution < -0.4 is 10.6 Å². The highest BCUT2D eigenvalue weighted by molar-refractivity contribution is 14.0. The first-order valence-corrected chi connectivity index (χ1v) is 9.09. The number of nitrogens with zero attached hydrogens (tertiary/aromatic N) is 3. The maximum absolute atomic E-state index is 11.8. The van der Waals surface area contributed by atoms with Crippen molar-refractivity contribution in [2.45, 2.75) is 32.4 Å². The number of aliphatic imine (C=N–C) groups is 1. The minimum absolute atomic E-state index is 0. The van der Waals surface area contributed by atoms with Gasteiger partial charge in [0.25, 0.3) is 0 Å². The molecule has 1 aliphatic rings. The highest BCUT2D eigenvalue weighted by atomic mass is 127. The summed E-state index contributed by atoms with van der Waals surface area (Å²) in [4.78, 5) is 20.3. The van der Waals surface area contributed by atoms with E-state index in [4.69, 9.17) is 0 Å². The van der Waals surface area contributed by atoms with E-state index >= 15 is 0 Å². The van der Waals surface area contributed by atoms with E-state index in [1.54, 1.807) is 7.05 Å². The van der Waals surface area contributed by atoms with Crippen molar-refractivity contribution in [3.63, 3.8) is 0 Å². The molecule has 0 aliphatic carbocycles. The van der Waals surface area contributed by atoms with Gasteiger partial charge in [0.05, 0.1) is 0 Å². The van der Waals surface area contributed by atoms with E-state index < -0.39 is 0 Å². The number of carbonyl (C=O) groups is 1. The fourth-order valence-electron chi connectivity index (χ4n) is 3.06. The monoisotopic (exact) mass is 473 g/mol. The molecule has 0 spiro atoms. The van der Waals surface area contributed by atoms with Gasteiger partial charge in [0, 0.05) is 52.2 Å². The van der Waals surface area contributed by atoms with Crippen LogP contribution in [-0.2, 0) is 11.3 Å². The summed E-state index contributed by atoms with van der Waals surface area (Å²) in [5.74, 6) is 1.04. The zero-order chi connectivity index (χ0) is 18.1. The van der Waals surface area contributed by atoms with Crippen LogP contribution in [0.5, 0.6) is 0 Å². The molecule has 26 heavy (non-hydrogen) atoms. The smallest absolute Gasteiger partial charge is 0.222 e. The lowest BCUT2D eigenvalue weighted by Crippen LogP contribution is -2.46. The van der Waals surface area contributed by atoms with Crippen LogP contribution in [-0.4, -0.2) is 68.0 Å². The van der Waals surface area contributed by atoms with E-state index in [2.05, 4.69) is 51.8 Å². The first-order valence-electron chi connectivity index (χ1n) is 9.09. The van der Waals surface area contributed by atoms with Crippen molar-refractivity contribution < 1.29 is 4.79 Å². The van der Waals surface area contributed by atoms with Crippen LogP contribution in [0.25, 0.3) is 0 Å². The number of guanidine groups is 1. The molecular formula is C19H32IN5O. The Balaban J connectivity index is 0.00000338. The summed E-state index contributed by atoms with van der Waals surface area (Å²) in [6.45, 7) is 6.21. The maximum Gasteiger partial charge on any atom is 0.222 e. The average molecular weight is 473 g/mol. The Hall–Kier alpha value is -1.35. The normalized spacial score (nSPS) is 17.2. The molecule has 1 atom stereocenters. The van der Waals surface area contributed by atoms with Crippen LogP contribution in [0.3, 0.4) is 0 Å². The third kappa shape index (κ3) is 7.49. The van der Waals surface area contributed by atoms with Crippen molar-refractivity contribution >= 4 is 35.8 Å². The number of halogens is 1. The Bertz CT molecular complexity index is 566. The minimum Gasteiger partial charge on any atom is -0.355 e. The van der Waals surface area contributed by atoms with Crippen LogP contribution in [0.2, 0.25) is 0 Å². The number of rotatable bonds is 7. The molecule has 146 valence electrons. The maximum atomic E-state index is 11.8. The number of hydrogen-bond acceptors (Lipinski definition) is 3. The quantitative estimate of drug-likeness (QED) is 0.361. The van der Waals surface area contributed by atoms with Crippen molar-refractivity contribution in [3.05, 3.63) is 35.9 Å². The van der Waals surface area contributed by atoms with Crippen LogP contribution in [0.4, 0.5) is 0 Å². The summed E-state index contributed by atoms with van der Waals surface area (Å²) in [7, 11) is 3.91. The van der Waals surface area contributed by atoms with Crippen molar-refractivity contribution in [2.24, 2.45) is 4.99 Å². The molecule has 0 bridgehead atoms. The average Bonchev–Trinajstić information content (AvgIpc) is 3.09. The van der Waals surface area contributed by atoms with Gasteiger partial charge in [-0.3, -0.25) is 9.79 Å². The minimum atomic E-state index is 0. The molecule has 2 rings (SSSR count). The van der Waals surface area contributed by atoms with Crippen LogP contribution in [0.15, 0.2) is 35.3 Å². The lowest BCUT2D eigenvalue weighted by Gasteiger charge is -2.20. The number of likely N-dealkylation sites (N-methyl/N-ethyl adjacent to an activating group) is 1. The van der Waals surface area contributed by atoms with Gasteiger partial charge in [-0.25, -0.2) is 0 Å². The fourth-order valence-corrected chi connectivity index (χ4v) is 3.06. The van der Waals surface area contributed by atoms with Crippen molar-refractivity contribution in [2.75, 3.05) is 40.3 Å². The SMILES string of the molecule is CCC(=O)N1CCC(NC(=NC)NCCN(C)Cc2ccccc2)C1.I. The molecular weight excluding hydrogens is 441 g/mol. The fraction of sp³-hybridized carbons (Fsp3) is 0.579. The Kier molecular flexibility index (Phi) is 10.6. The van der Waals surface area contributed by atoms with E-state index in [0.29, 0.717) is 6.42 Å². The Labute approximate surface area is 174 Å². The molecule has 0 radical (unpaired) electrons. The van der Waals surface area contributed by atoms with E-state index in [1.807, 2.05) is 17.9 Å². The lowest BCUT2D eigenvalue weighted by molar-refractivity contribution is -0.129. The molecule has 0 saturated carbocycles. The molecule has 1 aliphatic heterocycles. The van der Waals surface area contributed by atoms with Gasteiger partial charge >= 0.3 is 0 Å². The largest absolute Gasteiger partial charge is 0.355 e. The second-order valence-electron chi connectivity index (χ2n) is 6.55. The predicted octanol–water partition coefficient (Wildman–Crippen LogP) is 1.91. The van der Waals surface area contributed by atoms with Gasteiger partial charge < -0.3 is 20.4 Å². The van der Waals surface area contributed by atoms with Crippen LogP contribution >= 0.6 is 24.0 Å². The summed E-state index contributed by atoms with van der Waals surface area (Å²) in [5, 5.41) is 6.79. The molecule has 7 heteroatoms. The van der Waals surface area contributed by atoms with Gasteiger partial charge in [-0.05, 0) is 19.0 Å². The van der Waals surface area contributed by atoms with Gasteiger partial charge in [-0.1, -0.05) is 37.3 Å². The van der Waals surface area contributed by atoms with Gasteiger partial charge in [-0.15, -0.1) is 24.0 Å². The highest BCUT2D eigenvalue weighted by Crippen LogP contribution is 2.10. The Morgan fingerprint density at radius 3 is 2.73 bits per heavy atom. The third-order valence-electron chi connectivity index (χ3n) is 4.49. The number of likely N-dealkylation sites (tertiary alicyclic amines) is 1. The van der Waals surface area contributed by atoms with Crippen LogP contribution in [0, 0.1) is 0 Å². The van der Waals surface area contributed by atoms with Crippen molar-refractivity contribution in [1.29, 1.82) is 0 Å². The standard InChI is InChI=1S/C19H31N5O.HI/c1-4-18(25)24-12-10-17(15-24)22-19(20-2)21-11-13-23(3)14-16-8-6-5-7-9-16;/h5-9,17H,4,10-15H2,1-3H3,(H2,20,21,22);1H. The van der Waals surface area contributed by atoms with Gasteiger partial charge in [0.2, 0.25) is 5.91 Å². The molecule has 1 unspecified atom stereocenters. The van der Waals surface area contributed by atoms with Gasteiger partial charge in [0.1, 0.15) is 0 Å². The first-order chi connectivity index (χ1) is 12.1. The number of carbonyl (C=O) groups excluding carboxylic acids is 1. The number of amides is 1. The summed E-state index contributed by atoms with van der Waals surface area (Å²) in [5.41, 5.74) is 1.32. The summed E-state index contributed by atoms with van der Waals surface area (Å²) in [6, 6.07) is 10.8. The third-order valence-corrected chi connectivity index (χ3v) is 4.49. The Morgan fingerprint density at radius 2 is 2.08 bits per heavy atom. The van der Waals surface area contributed by atoms with Gasteiger partial charge in [0.15, 0.2) is 5.96 Å². The molecule has 6 nitrogen and oxygen atoms in total. The number of hydrogen-bond donors (Lipinski definition) is 2. The summed E-state index contributed by atoms with van der Waals surface area (Å²) >= 11 is 0. The zero-order valence-corrected chi connectivity index (χ0v) is 18.4. The van der Waals surface area contributed by atoms with Crippen molar-refractivity contribution in [1.82, 2.24) is 20.4 Å². The van der Waals surface area contributed by atoms with Crippen LogP contribution in [0.1, 0.15) is 25.3 Å². The number of nitrogens with one attached hydrogen (secondary N) is 2. The Morgan fingerprint density at radius 1 is 1.35 bits per heavy atom. The molecule has 1 heterocycles. The second-order valence-corrected chi connectivity index (χ2v) is 6.55. The van der Waals surface area contributed by atoms with E-state index in [0.717, 1.165) is 45.1 Å². The lowest BCUT2D eigenvalue weighted by atomic mass is 10.2. The van der Waals surface area contributed by atoms with E-state index in [-0.39, 0.29) is 35.9 Å². The molecule has 0 aromatic heterocycles. The topological polar surface area (TPSA) is 60.0 Å². The summed E-state index contributed by atoms with van der Waals surface area (Å²) < 4.78 is 0. The molecule has 1 amide bonds. The molecule has 1 fully saturated rings. The molecule has 2 N–H and O–H groups in total. The first kappa shape index (κ1) is 22.7. The van der Waals surface area contributed by atoms with E-state index in [1.165, 1.54) is 5.56 Å². The summed E-state index contributed by atoms with van der Waals surface area (Å²) in [6.07, 6.45) is 1.55. The van der Waals surface area contributed by atoms with Crippen molar-refractivity contribution in [3.8, 4) is 0 Å². The highest BCUT2D eigenvalue weighted by Gasteiger charge is 2.25. The number of benzene rings is 1. The van der Waals surface area contributed by atoms with Gasteiger partial charge in [-0.2, -0.15) is 0 Å². The molecule has 1 aromatic carbocycles. The zero-order valence-electron chi connectivity index (χ0n) is 16.1. The van der Waals surface area contributed by atoms with E-state index in [9.17, 15) is 4.79 Å².